The standard InChI is InChI=1S/C24H20O4/c1-15-9-11-17(12-10-15)23(25)24-21(16-7-5-4-6-8-16)22-19(27-3)13-18(26-2)14-20(22)28-24/h4-14H,1-3H3. The maximum atomic E-state index is 13.3. The van der Waals surface area contributed by atoms with Gasteiger partial charge in [0.1, 0.15) is 17.1 Å². The molecule has 0 aliphatic heterocycles. The van der Waals surface area contributed by atoms with Gasteiger partial charge in [0.25, 0.3) is 0 Å². The molecule has 0 spiro atoms. The quantitative estimate of drug-likeness (QED) is 0.424. The fraction of sp³-hybridized carbons (Fsp3) is 0.125. The van der Waals surface area contributed by atoms with Gasteiger partial charge in [-0.3, -0.25) is 4.79 Å². The molecule has 0 saturated heterocycles. The van der Waals surface area contributed by atoms with Gasteiger partial charge in [-0.25, -0.2) is 0 Å². The molecule has 1 heterocycles. The molecular formula is C24H20O4. The number of rotatable bonds is 5. The predicted molar refractivity (Wildman–Crippen MR) is 109 cm³/mol. The first-order chi connectivity index (χ1) is 13.6. The fourth-order valence-electron chi connectivity index (χ4n) is 3.32. The largest absolute Gasteiger partial charge is 0.496 e. The summed E-state index contributed by atoms with van der Waals surface area (Å²) in [6.07, 6.45) is 0. The van der Waals surface area contributed by atoms with Crippen LogP contribution in [0.25, 0.3) is 22.1 Å². The molecule has 0 aliphatic carbocycles. The summed E-state index contributed by atoms with van der Waals surface area (Å²) in [4.78, 5) is 13.3. The molecule has 4 nitrogen and oxygen atoms in total. The number of ether oxygens (including phenoxy) is 2. The second kappa shape index (κ2) is 7.24. The zero-order valence-electron chi connectivity index (χ0n) is 16.0. The van der Waals surface area contributed by atoms with E-state index in [0.29, 0.717) is 22.6 Å². The van der Waals surface area contributed by atoms with E-state index in [1.807, 2.05) is 61.5 Å². The van der Waals surface area contributed by atoms with Gasteiger partial charge in [0, 0.05) is 23.3 Å². The van der Waals surface area contributed by atoms with E-state index >= 15 is 0 Å². The van der Waals surface area contributed by atoms with Crippen molar-refractivity contribution >= 4 is 16.8 Å². The zero-order chi connectivity index (χ0) is 19.7. The van der Waals surface area contributed by atoms with Gasteiger partial charge in [-0.05, 0) is 12.5 Å². The van der Waals surface area contributed by atoms with E-state index < -0.39 is 0 Å². The van der Waals surface area contributed by atoms with Crippen molar-refractivity contribution in [3.63, 3.8) is 0 Å². The van der Waals surface area contributed by atoms with Gasteiger partial charge in [0.05, 0.1) is 19.6 Å². The minimum absolute atomic E-state index is 0.170. The molecule has 0 saturated carbocycles. The zero-order valence-corrected chi connectivity index (χ0v) is 16.0. The highest BCUT2D eigenvalue weighted by molar-refractivity contribution is 6.16. The molecule has 0 bridgehead atoms. The maximum Gasteiger partial charge on any atom is 0.228 e. The molecule has 0 N–H and O–H groups in total. The van der Waals surface area contributed by atoms with Crippen LogP contribution >= 0.6 is 0 Å². The normalized spacial score (nSPS) is 10.8. The Morgan fingerprint density at radius 3 is 2.25 bits per heavy atom. The Morgan fingerprint density at radius 2 is 1.61 bits per heavy atom. The van der Waals surface area contributed by atoms with Crippen molar-refractivity contribution in [2.45, 2.75) is 6.92 Å². The predicted octanol–water partition coefficient (Wildman–Crippen LogP) is 5.66. The lowest BCUT2D eigenvalue weighted by Crippen LogP contribution is -2.01. The number of fused-ring (bicyclic) bond motifs is 1. The van der Waals surface area contributed by atoms with E-state index in [2.05, 4.69) is 0 Å². The summed E-state index contributed by atoms with van der Waals surface area (Å²) in [5, 5.41) is 0.755. The molecule has 4 rings (SSSR count). The maximum absolute atomic E-state index is 13.3. The van der Waals surface area contributed by atoms with E-state index in [0.717, 1.165) is 22.1 Å². The number of hydrogen-bond donors (Lipinski definition) is 0. The van der Waals surface area contributed by atoms with E-state index in [4.69, 9.17) is 13.9 Å². The van der Waals surface area contributed by atoms with E-state index in [1.165, 1.54) is 0 Å². The molecule has 140 valence electrons. The van der Waals surface area contributed by atoms with Crippen LogP contribution in [-0.2, 0) is 0 Å². The van der Waals surface area contributed by atoms with Crippen molar-refractivity contribution in [3.05, 3.63) is 83.6 Å². The van der Waals surface area contributed by atoms with Crippen LogP contribution in [-0.4, -0.2) is 20.0 Å². The van der Waals surface area contributed by atoms with Crippen LogP contribution in [0, 0.1) is 6.92 Å². The van der Waals surface area contributed by atoms with Crippen molar-refractivity contribution in [2.24, 2.45) is 0 Å². The van der Waals surface area contributed by atoms with Gasteiger partial charge >= 0.3 is 0 Å². The van der Waals surface area contributed by atoms with Crippen LogP contribution in [0.2, 0.25) is 0 Å². The first-order valence-corrected chi connectivity index (χ1v) is 8.97. The Balaban J connectivity index is 2.02. The van der Waals surface area contributed by atoms with Gasteiger partial charge in [0.15, 0.2) is 5.76 Å². The first kappa shape index (κ1) is 17.9. The third-order valence-electron chi connectivity index (χ3n) is 4.77. The second-order valence-electron chi connectivity index (χ2n) is 6.57. The number of furan rings is 1. The van der Waals surface area contributed by atoms with Crippen LogP contribution < -0.4 is 9.47 Å². The molecular weight excluding hydrogens is 352 g/mol. The smallest absolute Gasteiger partial charge is 0.228 e. The number of carbonyl (C=O) groups is 1. The second-order valence-corrected chi connectivity index (χ2v) is 6.57. The van der Waals surface area contributed by atoms with Crippen molar-refractivity contribution in [2.75, 3.05) is 14.2 Å². The number of carbonyl (C=O) groups excluding carboxylic acids is 1. The fourth-order valence-corrected chi connectivity index (χ4v) is 3.32. The highest BCUT2D eigenvalue weighted by Gasteiger charge is 2.26. The summed E-state index contributed by atoms with van der Waals surface area (Å²) < 4.78 is 17.0. The molecule has 0 amide bonds. The van der Waals surface area contributed by atoms with E-state index in [-0.39, 0.29) is 11.5 Å². The molecule has 28 heavy (non-hydrogen) atoms. The molecule has 0 aliphatic rings. The lowest BCUT2D eigenvalue weighted by Gasteiger charge is -2.08. The molecule has 0 atom stereocenters. The van der Waals surface area contributed by atoms with E-state index in [9.17, 15) is 4.79 Å². The lowest BCUT2D eigenvalue weighted by molar-refractivity contribution is 0.101. The first-order valence-electron chi connectivity index (χ1n) is 8.97. The van der Waals surface area contributed by atoms with Crippen LogP contribution in [0.5, 0.6) is 11.5 Å². The Hall–Kier alpha value is -3.53. The van der Waals surface area contributed by atoms with Gasteiger partial charge in [-0.2, -0.15) is 0 Å². The summed E-state index contributed by atoms with van der Waals surface area (Å²) in [7, 11) is 3.18. The third kappa shape index (κ3) is 3.03. The van der Waals surface area contributed by atoms with Crippen molar-refractivity contribution < 1.29 is 18.7 Å². The van der Waals surface area contributed by atoms with Gasteiger partial charge < -0.3 is 13.9 Å². The SMILES string of the molecule is COc1cc(OC)c2c(-c3ccccc3)c(C(=O)c3ccc(C)cc3)oc2c1. The van der Waals surface area contributed by atoms with Crippen LogP contribution in [0.3, 0.4) is 0 Å². The topological polar surface area (TPSA) is 48.7 Å². The third-order valence-corrected chi connectivity index (χ3v) is 4.77. The Labute approximate surface area is 163 Å². The Morgan fingerprint density at radius 1 is 0.893 bits per heavy atom. The highest BCUT2D eigenvalue weighted by Crippen LogP contribution is 2.43. The van der Waals surface area contributed by atoms with Gasteiger partial charge in [0.2, 0.25) is 5.78 Å². The van der Waals surface area contributed by atoms with Crippen molar-refractivity contribution in [1.82, 2.24) is 0 Å². The summed E-state index contributed by atoms with van der Waals surface area (Å²) in [5.74, 6) is 1.32. The molecule has 0 fully saturated rings. The van der Waals surface area contributed by atoms with Crippen LogP contribution in [0.4, 0.5) is 0 Å². The Bertz CT molecular complexity index is 1140. The van der Waals surface area contributed by atoms with Gasteiger partial charge in [-0.1, -0.05) is 60.2 Å². The van der Waals surface area contributed by atoms with E-state index in [1.54, 1.807) is 26.4 Å². The van der Waals surface area contributed by atoms with Crippen LogP contribution in [0.1, 0.15) is 21.7 Å². The molecule has 4 heteroatoms. The molecule has 0 unspecified atom stereocenters. The summed E-state index contributed by atoms with van der Waals surface area (Å²) in [6.45, 7) is 1.99. The number of methoxy groups -OCH3 is 2. The highest BCUT2D eigenvalue weighted by atomic mass is 16.5. The lowest BCUT2D eigenvalue weighted by atomic mass is 9.97. The molecule has 0 radical (unpaired) electrons. The minimum atomic E-state index is -0.170. The van der Waals surface area contributed by atoms with Crippen molar-refractivity contribution in [1.29, 1.82) is 0 Å². The number of ketones is 1. The summed E-state index contributed by atoms with van der Waals surface area (Å²) in [5.41, 5.74) is 3.83. The number of hydrogen-bond acceptors (Lipinski definition) is 4. The molecule has 4 aromatic rings. The number of aryl methyl sites for hydroxylation is 1. The molecule has 3 aromatic carbocycles. The summed E-state index contributed by atoms with van der Waals surface area (Å²) in [6, 6.07) is 20.8. The average Bonchev–Trinajstić information content (AvgIpc) is 3.13. The van der Waals surface area contributed by atoms with Crippen LogP contribution in [0.15, 0.2) is 71.1 Å². The average molecular weight is 372 g/mol. The molecule has 1 aromatic heterocycles. The monoisotopic (exact) mass is 372 g/mol. The van der Waals surface area contributed by atoms with Gasteiger partial charge in [-0.15, -0.1) is 0 Å². The minimum Gasteiger partial charge on any atom is -0.496 e. The van der Waals surface area contributed by atoms with Crippen molar-refractivity contribution in [3.8, 4) is 22.6 Å². The Kier molecular flexibility index (Phi) is 4.62. The summed E-state index contributed by atoms with van der Waals surface area (Å²) >= 11 is 0. The number of benzene rings is 3.